The van der Waals surface area contributed by atoms with Crippen LogP contribution in [0.4, 0.5) is 13.2 Å². The quantitative estimate of drug-likeness (QED) is 0.267. The van der Waals surface area contributed by atoms with Crippen LogP contribution in [0.1, 0.15) is 37.5 Å². The average Bonchev–Trinajstić information content (AvgIpc) is 3.35. The maximum absolute atomic E-state index is 12.5. The van der Waals surface area contributed by atoms with E-state index in [1.807, 2.05) is 39.0 Å². The Morgan fingerprint density at radius 2 is 2.00 bits per heavy atom. The Morgan fingerprint density at radius 1 is 1.23 bits per heavy atom. The van der Waals surface area contributed by atoms with E-state index < -0.39 is 24.2 Å². The lowest BCUT2D eigenvalue weighted by molar-refractivity contribution is -0.203. The Morgan fingerprint density at radius 3 is 2.62 bits per heavy atom. The van der Waals surface area contributed by atoms with Crippen molar-refractivity contribution in [3.8, 4) is 33.8 Å². The predicted octanol–water partition coefficient (Wildman–Crippen LogP) is 5.42. The van der Waals surface area contributed by atoms with E-state index in [2.05, 4.69) is 15.2 Å². The third kappa shape index (κ3) is 6.09. The average molecular weight is 557 g/mol. The maximum Gasteiger partial charge on any atom is 0.491 e. The van der Waals surface area contributed by atoms with E-state index in [4.69, 9.17) is 9.72 Å². The van der Waals surface area contributed by atoms with E-state index in [1.54, 1.807) is 24.4 Å². The van der Waals surface area contributed by atoms with Crippen LogP contribution >= 0.6 is 11.5 Å². The Balaban J connectivity index is 1.55. The number of hydrogen-bond acceptors (Lipinski definition) is 9. The second kappa shape index (κ2) is 11.2. The lowest BCUT2D eigenvalue weighted by Gasteiger charge is -2.34. The number of nitriles is 1. The van der Waals surface area contributed by atoms with E-state index >= 15 is 0 Å². The van der Waals surface area contributed by atoms with Crippen molar-refractivity contribution in [3.05, 3.63) is 65.4 Å². The molecule has 0 fully saturated rings. The SMILES string of the molecule is CCc1c(CN2C=CC2C(=O)OC(=O)C(F)(F)F)cccc1-c1nsc(-c2ccc(OC(C)C)c(C#N)c2)n1. The van der Waals surface area contributed by atoms with E-state index in [1.165, 1.54) is 22.5 Å². The highest BCUT2D eigenvalue weighted by atomic mass is 32.1. The Hall–Kier alpha value is -4.24. The smallest absolute Gasteiger partial charge is 0.490 e. The van der Waals surface area contributed by atoms with Crippen molar-refractivity contribution in [2.24, 2.45) is 0 Å². The number of carbonyl (C=O) groups is 2. The van der Waals surface area contributed by atoms with Crippen LogP contribution in [0.25, 0.3) is 22.0 Å². The molecule has 1 aromatic heterocycles. The molecule has 0 radical (unpaired) electrons. The summed E-state index contributed by atoms with van der Waals surface area (Å²) in [5.74, 6) is -2.85. The highest BCUT2D eigenvalue weighted by Gasteiger charge is 2.44. The van der Waals surface area contributed by atoms with E-state index in [9.17, 15) is 28.0 Å². The van der Waals surface area contributed by atoms with Crippen LogP contribution in [-0.2, 0) is 27.3 Å². The molecule has 8 nitrogen and oxygen atoms in total. The molecule has 2 heterocycles. The van der Waals surface area contributed by atoms with Crippen LogP contribution in [0.15, 0.2) is 48.7 Å². The first-order valence-corrected chi connectivity index (χ1v) is 12.7. The minimum atomic E-state index is -5.25. The fourth-order valence-electron chi connectivity index (χ4n) is 4.03. The molecular formula is C27H23F3N4O4S. The molecule has 3 aromatic rings. The molecule has 0 amide bonds. The van der Waals surface area contributed by atoms with Crippen molar-refractivity contribution in [3.63, 3.8) is 0 Å². The number of halogens is 3. The van der Waals surface area contributed by atoms with Gasteiger partial charge in [0.15, 0.2) is 5.82 Å². The number of hydrogen-bond donors (Lipinski definition) is 0. The number of benzene rings is 2. The molecule has 0 saturated heterocycles. The Kier molecular flexibility index (Phi) is 8.01. The standard InChI is InChI=1S/C27H23F3N4O4S/c1-4-19-17(14-34-11-10-21(34)25(35)38-26(36)27(28,29)30)6-5-7-20(19)23-32-24(39-33-23)16-8-9-22(37-15(2)3)18(12-16)13-31/h5-12,15,21H,4,14H2,1-3H3. The van der Waals surface area contributed by atoms with E-state index in [0.717, 1.165) is 22.3 Å². The summed E-state index contributed by atoms with van der Waals surface area (Å²) < 4.78 is 51.6. The van der Waals surface area contributed by atoms with Gasteiger partial charge in [-0.3, -0.25) is 0 Å². The summed E-state index contributed by atoms with van der Waals surface area (Å²) in [5, 5.41) is 10.2. The Labute approximate surface area is 226 Å². The summed E-state index contributed by atoms with van der Waals surface area (Å²) in [6.07, 6.45) is -1.82. The summed E-state index contributed by atoms with van der Waals surface area (Å²) in [7, 11) is 0. The van der Waals surface area contributed by atoms with Crippen LogP contribution in [-0.4, -0.2) is 44.5 Å². The number of rotatable bonds is 8. The largest absolute Gasteiger partial charge is 0.491 e. The highest BCUT2D eigenvalue weighted by Crippen LogP contribution is 2.33. The molecule has 1 aliphatic rings. The minimum absolute atomic E-state index is 0.0779. The zero-order chi connectivity index (χ0) is 28.3. The van der Waals surface area contributed by atoms with Gasteiger partial charge in [0, 0.05) is 17.7 Å². The molecule has 0 N–H and O–H groups in total. The van der Waals surface area contributed by atoms with E-state index in [-0.39, 0.29) is 12.6 Å². The van der Waals surface area contributed by atoms with Crippen LogP contribution < -0.4 is 4.74 Å². The van der Waals surface area contributed by atoms with Crippen molar-refractivity contribution < 1.29 is 32.2 Å². The molecule has 2 aromatic carbocycles. The number of alkyl halides is 3. The first kappa shape index (κ1) is 27.8. The molecule has 1 atom stereocenters. The van der Waals surface area contributed by atoms with Gasteiger partial charge in [0.1, 0.15) is 22.9 Å². The van der Waals surface area contributed by atoms with Crippen molar-refractivity contribution in [1.29, 1.82) is 5.26 Å². The molecule has 4 rings (SSSR count). The first-order valence-electron chi connectivity index (χ1n) is 11.9. The van der Waals surface area contributed by atoms with Gasteiger partial charge in [-0.05, 0) is 73.4 Å². The van der Waals surface area contributed by atoms with Gasteiger partial charge < -0.3 is 14.4 Å². The van der Waals surface area contributed by atoms with Crippen molar-refractivity contribution in [2.75, 3.05) is 0 Å². The summed E-state index contributed by atoms with van der Waals surface area (Å²) in [6.45, 7) is 5.91. The van der Waals surface area contributed by atoms with Crippen molar-refractivity contribution in [2.45, 2.75) is 52.1 Å². The summed E-state index contributed by atoms with van der Waals surface area (Å²) in [5.41, 5.74) is 3.60. The monoisotopic (exact) mass is 556 g/mol. The number of esters is 2. The zero-order valence-electron chi connectivity index (χ0n) is 21.2. The second-order valence-corrected chi connectivity index (χ2v) is 9.63. The molecule has 1 unspecified atom stereocenters. The minimum Gasteiger partial charge on any atom is -0.490 e. The second-order valence-electron chi connectivity index (χ2n) is 8.87. The highest BCUT2D eigenvalue weighted by molar-refractivity contribution is 7.09. The topological polar surface area (TPSA) is 105 Å². The van der Waals surface area contributed by atoms with Crippen LogP contribution in [0.5, 0.6) is 5.75 Å². The molecule has 0 saturated carbocycles. The van der Waals surface area contributed by atoms with Crippen LogP contribution in [0, 0.1) is 11.3 Å². The van der Waals surface area contributed by atoms with Gasteiger partial charge in [-0.1, -0.05) is 25.1 Å². The van der Waals surface area contributed by atoms with E-state index in [0.29, 0.717) is 28.6 Å². The number of nitrogens with zero attached hydrogens (tertiary/aromatic N) is 4. The van der Waals surface area contributed by atoms with Gasteiger partial charge in [-0.15, -0.1) is 0 Å². The summed E-state index contributed by atoms with van der Waals surface area (Å²) >= 11 is 1.19. The van der Waals surface area contributed by atoms with Gasteiger partial charge in [0.25, 0.3) is 0 Å². The molecule has 0 aliphatic carbocycles. The van der Waals surface area contributed by atoms with Crippen LogP contribution in [0.2, 0.25) is 0 Å². The van der Waals surface area contributed by atoms with Gasteiger partial charge in [0.2, 0.25) is 0 Å². The summed E-state index contributed by atoms with van der Waals surface area (Å²) in [4.78, 5) is 29.3. The molecular weight excluding hydrogens is 533 g/mol. The zero-order valence-corrected chi connectivity index (χ0v) is 22.0. The molecule has 202 valence electrons. The van der Waals surface area contributed by atoms with Crippen molar-refractivity contribution >= 4 is 23.5 Å². The van der Waals surface area contributed by atoms with Gasteiger partial charge in [-0.2, -0.15) is 22.8 Å². The molecule has 0 spiro atoms. The fraction of sp³-hybridized carbons (Fsp3) is 0.296. The van der Waals surface area contributed by atoms with Crippen molar-refractivity contribution in [1.82, 2.24) is 14.3 Å². The lowest BCUT2D eigenvalue weighted by atomic mass is 9.96. The fourth-order valence-corrected chi connectivity index (χ4v) is 4.70. The van der Waals surface area contributed by atoms with Gasteiger partial charge in [-0.25, -0.2) is 14.6 Å². The third-order valence-electron chi connectivity index (χ3n) is 5.84. The third-order valence-corrected chi connectivity index (χ3v) is 6.60. The number of ether oxygens (including phenoxy) is 2. The number of aromatic nitrogens is 2. The number of carbonyl (C=O) groups excluding carboxylic acids is 2. The molecule has 12 heteroatoms. The lowest BCUT2D eigenvalue weighted by Crippen LogP contribution is -2.45. The molecule has 39 heavy (non-hydrogen) atoms. The predicted molar refractivity (Wildman–Crippen MR) is 136 cm³/mol. The molecule has 0 bridgehead atoms. The first-order chi connectivity index (χ1) is 18.5. The molecule has 1 aliphatic heterocycles. The normalized spacial score (nSPS) is 14.6. The van der Waals surface area contributed by atoms with Crippen LogP contribution in [0.3, 0.4) is 0 Å². The Bertz CT molecular complexity index is 1480. The van der Waals surface area contributed by atoms with Gasteiger partial charge in [0.05, 0.1) is 11.7 Å². The maximum atomic E-state index is 12.5. The van der Waals surface area contributed by atoms with Gasteiger partial charge >= 0.3 is 18.1 Å². The summed E-state index contributed by atoms with van der Waals surface area (Å²) in [6, 6.07) is 11.8.